The molecule has 0 aliphatic heterocycles. The van der Waals surface area contributed by atoms with E-state index in [1.54, 1.807) is 19.2 Å². The molecule has 0 atom stereocenters. The lowest BCUT2D eigenvalue weighted by Crippen LogP contribution is -2.32. The number of benzene rings is 1. The number of carboxylic acids is 1. The van der Waals surface area contributed by atoms with Gasteiger partial charge in [-0.2, -0.15) is 0 Å². The number of carboxylic acid groups (broad SMARTS) is 1. The first-order chi connectivity index (χ1) is 8.49. The highest BCUT2D eigenvalue weighted by Crippen LogP contribution is 2.33. The van der Waals surface area contributed by atoms with Crippen LogP contribution in [-0.2, 0) is 11.2 Å². The van der Waals surface area contributed by atoms with Gasteiger partial charge >= 0.3 is 5.97 Å². The van der Waals surface area contributed by atoms with Gasteiger partial charge in [0.1, 0.15) is 5.75 Å². The van der Waals surface area contributed by atoms with Gasteiger partial charge in [0.2, 0.25) is 0 Å². The Bertz CT molecular complexity index is 425. The van der Waals surface area contributed by atoms with Gasteiger partial charge in [-0.3, -0.25) is 4.79 Å². The molecule has 1 N–H and O–H groups in total. The Kier molecular flexibility index (Phi) is 5.03. The molecule has 1 aromatic rings. The highest BCUT2D eigenvalue weighted by atomic mass is 35.5. The Hall–Kier alpha value is -1.22. The van der Waals surface area contributed by atoms with Crippen LogP contribution in [0.1, 0.15) is 32.3 Å². The van der Waals surface area contributed by atoms with Gasteiger partial charge in [-0.15, -0.1) is 0 Å². The molecule has 0 fully saturated rings. The molecule has 0 aliphatic rings. The Labute approximate surface area is 113 Å². The maximum absolute atomic E-state index is 11.4. The second kappa shape index (κ2) is 6.10. The van der Waals surface area contributed by atoms with E-state index in [1.165, 1.54) is 0 Å². The van der Waals surface area contributed by atoms with E-state index >= 15 is 0 Å². The van der Waals surface area contributed by atoms with Crippen LogP contribution >= 0.6 is 11.6 Å². The number of rotatable bonds is 6. The average molecular weight is 271 g/mol. The van der Waals surface area contributed by atoms with E-state index < -0.39 is 11.4 Å². The van der Waals surface area contributed by atoms with Crippen molar-refractivity contribution >= 4 is 17.6 Å². The second-order valence-corrected chi connectivity index (χ2v) is 4.85. The molecule has 4 heteroatoms. The van der Waals surface area contributed by atoms with Crippen molar-refractivity contribution in [2.24, 2.45) is 5.41 Å². The van der Waals surface area contributed by atoms with Crippen LogP contribution in [-0.4, -0.2) is 18.2 Å². The minimum atomic E-state index is -0.751. The van der Waals surface area contributed by atoms with E-state index in [2.05, 4.69) is 0 Å². The maximum atomic E-state index is 11.4. The summed E-state index contributed by atoms with van der Waals surface area (Å²) >= 11 is 6.05. The minimum absolute atomic E-state index is 0.485. The van der Waals surface area contributed by atoms with Crippen LogP contribution in [0.2, 0.25) is 5.02 Å². The van der Waals surface area contributed by atoms with Gasteiger partial charge in [0.05, 0.1) is 17.5 Å². The molecule has 0 bridgehead atoms. The highest BCUT2D eigenvalue weighted by Gasteiger charge is 2.34. The molecule has 0 spiro atoms. The van der Waals surface area contributed by atoms with Crippen LogP contribution in [0, 0.1) is 5.41 Å². The molecule has 1 rings (SSSR count). The number of ether oxygens (including phenoxy) is 1. The highest BCUT2D eigenvalue weighted by molar-refractivity contribution is 6.32. The van der Waals surface area contributed by atoms with Crippen LogP contribution in [0.4, 0.5) is 0 Å². The molecule has 100 valence electrons. The van der Waals surface area contributed by atoms with Crippen LogP contribution in [0.25, 0.3) is 0 Å². The molecule has 0 radical (unpaired) electrons. The molecule has 0 unspecified atom stereocenters. The van der Waals surface area contributed by atoms with Gasteiger partial charge in [0, 0.05) is 0 Å². The Balaban J connectivity index is 3.02. The molecule has 0 saturated carbocycles. The van der Waals surface area contributed by atoms with Crippen LogP contribution in [0.5, 0.6) is 5.75 Å². The lowest BCUT2D eigenvalue weighted by atomic mass is 9.77. The van der Waals surface area contributed by atoms with E-state index in [0.29, 0.717) is 30.0 Å². The van der Waals surface area contributed by atoms with Crippen molar-refractivity contribution in [3.05, 3.63) is 28.8 Å². The lowest BCUT2D eigenvalue weighted by Gasteiger charge is -2.26. The van der Waals surface area contributed by atoms with Gasteiger partial charge in [-0.1, -0.05) is 31.5 Å². The first-order valence-corrected chi connectivity index (χ1v) is 6.42. The zero-order valence-corrected chi connectivity index (χ0v) is 11.8. The SMILES string of the molecule is CCC(CC)(Cc1ccc(OC)c(Cl)c1)C(=O)O. The summed E-state index contributed by atoms with van der Waals surface area (Å²) < 4.78 is 5.08. The van der Waals surface area contributed by atoms with E-state index in [9.17, 15) is 9.90 Å². The monoisotopic (exact) mass is 270 g/mol. The summed E-state index contributed by atoms with van der Waals surface area (Å²) in [5.74, 6) is -0.145. The number of hydrogen-bond acceptors (Lipinski definition) is 2. The van der Waals surface area contributed by atoms with E-state index in [1.807, 2.05) is 19.9 Å². The average Bonchev–Trinajstić information content (AvgIpc) is 2.36. The van der Waals surface area contributed by atoms with E-state index in [4.69, 9.17) is 16.3 Å². The Morgan fingerprint density at radius 1 is 1.39 bits per heavy atom. The van der Waals surface area contributed by atoms with Crippen molar-refractivity contribution < 1.29 is 14.6 Å². The fourth-order valence-corrected chi connectivity index (χ4v) is 2.37. The number of halogens is 1. The molecule has 0 amide bonds. The summed E-state index contributed by atoms with van der Waals surface area (Å²) in [6.45, 7) is 3.81. The van der Waals surface area contributed by atoms with Crippen molar-refractivity contribution in [1.29, 1.82) is 0 Å². The fraction of sp³-hybridized carbons (Fsp3) is 0.500. The van der Waals surface area contributed by atoms with Crippen LogP contribution < -0.4 is 4.74 Å². The smallest absolute Gasteiger partial charge is 0.309 e. The lowest BCUT2D eigenvalue weighted by molar-refractivity contribution is -0.149. The third kappa shape index (κ3) is 2.96. The predicted octanol–water partition coefficient (Wildman–Crippen LogP) is 3.78. The summed E-state index contributed by atoms with van der Waals surface area (Å²) in [5, 5.41) is 9.91. The second-order valence-electron chi connectivity index (χ2n) is 4.44. The minimum Gasteiger partial charge on any atom is -0.495 e. The zero-order chi connectivity index (χ0) is 13.8. The first-order valence-electron chi connectivity index (χ1n) is 6.05. The van der Waals surface area contributed by atoms with Crippen LogP contribution in [0.3, 0.4) is 0 Å². The molecule has 0 aliphatic carbocycles. The molecular weight excluding hydrogens is 252 g/mol. The van der Waals surface area contributed by atoms with Crippen molar-refractivity contribution in [2.45, 2.75) is 33.1 Å². The standard InChI is InChI=1S/C14H19ClO3/c1-4-14(5-2,13(16)17)9-10-6-7-12(18-3)11(15)8-10/h6-8H,4-5,9H2,1-3H3,(H,16,17). The molecular formula is C14H19ClO3. The summed E-state index contributed by atoms with van der Waals surface area (Å²) in [5.41, 5.74) is 0.213. The number of aliphatic carboxylic acids is 1. The molecule has 3 nitrogen and oxygen atoms in total. The predicted molar refractivity (Wildman–Crippen MR) is 72.4 cm³/mol. The van der Waals surface area contributed by atoms with E-state index in [0.717, 1.165) is 5.56 Å². The third-order valence-electron chi connectivity index (χ3n) is 3.57. The van der Waals surface area contributed by atoms with E-state index in [-0.39, 0.29) is 0 Å². The van der Waals surface area contributed by atoms with Crippen molar-refractivity contribution in [3.63, 3.8) is 0 Å². The zero-order valence-electron chi connectivity index (χ0n) is 11.0. The van der Waals surface area contributed by atoms with Crippen LogP contribution in [0.15, 0.2) is 18.2 Å². The summed E-state index contributed by atoms with van der Waals surface area (Å²) in [6.07, 6.45) is 1.68. The largest absolute Gasteiger partial charge is 0.495 e. The van der Waals surface area contributed by atoms with Gasteiger partial charge in [0.15, 0.2) is 0 Å². The number of methoxy groups -OCH3 is 1. The Morgan fingerprint density at radius 3 is 2.39 bits per heavy atom. The number of hydrogen-bond donors (Lipinski definition) is 1. The van der Waals surface area contributed by atoms with Crippen molar-refractivity contribution in [1.82, 2.24) is 0 Å². The topological polar surface area (TPSA) is 46.5 Å². The summed E-state index contributed by atoms with van der Waals surface area (Å²) in [6, 6.07) is 5.42. The normalized spacial score (nSPS) is 11.3. The molecule has 0 saturated heterocycles. The molecule has 18 heavy (non-hydrogen) atoms. The third-order valence-corrected chi connectivity index (χ3v) is 3.86. The van der Waals surface area contributed by atoms with Gasteiger partial charge in [0.25, 0.3) is 0 Å². The van der Waals surface area contributed by atoms with Gasteiger partial charge in [-0.25, -0.2) is 0 Å². The first kappa shape index (κ1) is 14.8. The number of carbonyl (C=O) groups is 1. The van der Waals surface area contributed by atoms with Crippen molar-refractivity contribution in [2.75, 3.05) is 7.11 Å². The summed E-state index contributed by atoms with van der Waals surface area (Å²) in [7, 11) is 1.56. The maximum Gasteiger partial charge on any atom is 0.309 e. The van der Waals surface area contributed by atoms with Crippen molar-refractivity contribution in [3.8, 4) is 5.75 Å². The summed E-state index contributed by atoms with van der Waals surface area (Å²) in [4.78, 5) is 11.4. The fourth-order valence-electron chi connectivity index (χ4n) is 2.09. The molecule has 1 aromatic carbocycles. The van der Waals surface area contributed by atoms with Gasteiger partial charge in [-0.05, 0) is 37.0 Å². The van der Waals surface area contributed by atoms with Gasteiger partial charge < -0.3 is 9.84 Å². The molecule has 0 heterocycles. The Morgan fingerprint density at radius 2 is 2.00 bits per heavy atom. The molecule has 0 aromatic heterocycles. The quantitative estimate of drug-likeness (QED) is 0.856.